The van der Waals surface area contributed by atoms with Crippen LogP contribution in [-0.4, -0.2) is 35.4 Å². The second kappa shape index (κ2) is 10.2. The number of likely N-dealkylation sites (tertiary alicyclic amines) is 1. The topological polar surface area (TPSA) is 70.8 Å². The Hall–Kier alpha value is -1.76. The maximum Gasteiger partial charge on any atom is 0.132 e. The fourth-order valence-electron chi connectivity index (χ4n) is 5.31. The fourth-order valence-corrected chi connectivity index (χ4v) is 5.31. The molecule has 2 fully saturated rings. The summed E-state index contributed by atoms with van der Waals surface area (Å²) in [6, 6.07) is 20.6. The van der Waals surface area contributed by atoms with Crippen LogP contribution in [0, 0.1) is 11.8 Å². The zero-order chi connectivity index (χ0) is 21.7. The zero-order valence-corrected chi connectivity index (χ0v) is 18.6. The molecule has 31 heavy (non-hydrogen) atoms. The van der Waals surface area contributed by atoms with E-state index in [0.29, 0.717) is 5.92 Å². The number of aliphatic hydroxyl groups is 1. The van der Waals surface area contributed by atoms with Crippen molar-refractivity contribution in [2.45, 2.75) is 63.4 Å². The third kappa shape index (κ3) is 5.02. The third-order valence-electron chi connectivity index (χ3n) is 7.49. The second-order valence-electron chi connectivity index (χ2n) is 9.36. The molecule has 5 heteroatoms. The Balaban J connectivity index is 1.38. The minimum atomic E-state index is -0.912. The summed E-state index contributed by atoms with van der Waals surface area (Å²) in [4.78, 5) is 7.93. The molecule has 0 aromatic heterocycles. The number of nitrogens with zero attached hydrogens (tertiary/aromatic N) is 1. The van der Waals surface area contributed by atoms with Crippen molar-refractivity contribution in [3.63, 3.8) is 0 Å². The first-order valence-corrected chi connectivity index (χ1v) is 11.8. The van der Waals surface area contributed by atoms with Crippen LogP contribution in [0.5, 0.6) is 0 Å². The summed E-state index contributed by atoms with van der Waals surface area (Å²) in [5, 5.41) is 15.4. The van der Waals surface area contributed by atoms with Crippen LogP contribution in [0.15, 0.2) is 60.7 Å². The zero-order valence-electron chi connectivity index (χ0n) is 18.6. The van der Waals surface area contributed by atoms with Gasteiger partial charge in [0.15, 0.2) is 0 Å². The van der Waals surface area contributed by atoms with E-state index in [2.05, 4.69) is 47.5 Å². The van der Waals surface area contributed by atoms with Crippen molar-refractivity contribution in [2.75, 3.05) is 13.1 Å². The number of hydrogen-bond donors (Lipinski definition) is 3. The Morgan fingerprint density at radius 1 is 1.03 bits per heavy atom. The average Bonchev–Trinajstić information content (AvgIpc) is 2.78. The lowest BCUT2D eigenvalue weighted by molar-refractivity contribution is -0.110. The lowest BCUT2D eigenvalue weighted by Gasteiger charge is -2.47. The first kappa shape index (κ1) is 22.4. The van der Waals surface area contributed by atoms with Crippen LogP contribution in [0.2, 0.25) is 0 Å². The van der Waals surface area contributed by atoms with E-state index < -0.39 is 5.60 Å². The molecule has 0 radical (unpaired) electrons. The van der Waals surface area contributed by atoms with Crippen LogP contribution >= 0.6 is 0 Å². The van der Waals surface area contributed by atoms with Gasteiger partial charge < -0.3 is 5.11 Å². The fraction of sp³-hybridized carbons (Fsp3) is 0.538. The smallest absolute Gasteiger partial charge is 0.132 e. The Morgan fingerprint density at radius 2 is 1.65 bits per heavy atom. The summed E-state index contributed by atoms with van der Waals surface area (Å²) in [7, 11) is 0. The summed E-state index contributed by atoms with van der Waals surface area (Å²) in [5.41, 5.74) is 1.42. The molecule has 5 nitrogen and oxygen atoms in total. The second-order valence-corrected chi connectivity index (χ2v) is 9.36. The number of hydrogen-bond acceptors (Lipinski definition) is 5. The molecule has 2 aromatic rings. The molecule has 1 saturated heterocycles. The van der Waals surface area contributed by atoms with Gasteiger partial charge in [0, 0.05) is 18.5 Å². The Bertz CT molecular complexity index is 791. The molecule has 0 spiro atoms. The molecule has 4 rings (SSSR count). The van der Waals surface area contributed by atoms with E-state index in [1.165, 1.54) is 12.0 Å². The van der Waals surface area contributed by atoms with Crippen LogP contribution < -0.4 is 11.2 Å². The predicted molar refractivity (Wildman–Crippen MR) is 124 cm³/mol. The minimum Gasteiger partial charge on any atom is -0.383 e. The van der Waals surface area contributed by atoms with Crippen molar-refractivity contribution in [1.82, 2.24) is 10.2 Å². The molecule has 2 aliphatic rings. The average molecular weight is 424 g/mol. The standard InChI is InChI=1S/C26H37N3O2/c1-20(26(30,24-13-8-14-24)23-11-6-3-7-12-23)28-25(31-27)22-15-17-29(18-16-22)19-21-9-4-2-5-10-21/h2-7,9-12,20,22,24-25,28,30H,8,13-19,27H2,1H3. The van der Waals surface area contributed by atoms with Gasteiger partial charge in [-0.1, -0.05) is 67.1 Å². The molecule has 3 unspecified atom stereocenters. The van der Waals surface area contributed by atoms with E-state index in [0.717, 1.165) is 50.9 Å². The molecular weight excluding hydrogens is 386 g/mol. The molecule has 0 amide bonds. The summed E-state index contributed by atoms with van der Waals surface area (Å²) in [5.74, 6) is 6.36. The van der Waals surface area contributed by atoms with E-state index in [-0.39, 0.29) is 18.2 Å². The molecule has 4 N–H and O–H groups in total. The van der Waals surface area contributed by atoms with E-state index in [1.807, 2.05) is 30.3 Å². The SMILES string of the molecule is CC(NC(ON)C1CCN(Cc2ccccc2)CC1)C(O)(c1ccccc1)C1CCC1. The molecule has 168 valence electrons. The van der Waals surface area contributed by atoms with Crippen LogP contribution in [0.3, 0.4) is 0 Å². The lowest BCUT2D eigenvalue weighted by atomic mass is 9.66. The van der Waals surface area contributed by atoms with Gasteiger partial charge in [-0.25, -0.2) is 5.90 Å². The van der Waals surface area contributed by atoms with Gasteiger partial charge in [-0.05, 0) is 62.7 Å². The molecule has 3 atom stereocenters. The largest absolute Gasteiger partial charge is 0.383 e. The molecule has 1 aliphatic heterocycles. The van der Waals surface area contributed by atoms with Crippen molar-refractivity contribution >= 4 is 0 Å². The van der Waals surface area contributed by atoms with Gasteiger partial charge in [0.2, 0.25) is 0 Å². The van der Waals surface area contributed by atoms with E-state index >= 15 is 0 Å². The Kier molecular flexibility index (Phi) is 7.41. The van der Waals surface area contributed by atoms with Gasteiger partial charge in [-0.2, -0.15) is 0 Å². The number of nitrogens with one attached hydrogen (secondary N) is 1. The molecule has 1 saturated carbocycles. The minimum absolute atomic E-state index is 0.156. The van der Waals surface area contributed by atoms with Gasteiger partial charge in [0.25, 0.3) is 0 Å². The van der Waals surface area contributed by atoms with Crippen molar-refractivity contribution in [2.24, 2.45) is 17.7 Å². The predicted octanol–water partition coefficient (Wildman–Crippen LogP) is 3.78. The highest BCUT2D eigenvalue weighted by atomic mass is 16.6. The molecule has 1 heterocycles. The summed E-state index contributed by atoms with van der Waals surface area (Å²) in [6.07, 6.45) is 5.10. The van der Waals surface area contributed by atoms with E-state index in [9.17, 15) is 5.11 Å². The highest BCUT2D eigenvalue weighted by molar-refractivity contribution is 5.26. The van der Waals surface area contributed by atoms with Gasteiger partial charge in [0.05, 0.1) is 0 Å². The Morgan fingerprint density at radius 3 is 2.19 bits per heavy atom. The maximum atomic E-state index is 11.9. The first-order chi connectivity index (χ1) is 15.1. The van der Waals surface area contributed by atoms with Gasteiger partial charge in [-0.15, -0.1) is 0 Å². The summed E-state index contributed by atoms with van der Waals surface area (Å²) in [6.45, 7) is 5.12. The number of benzene rings is 2. The third-order valence-corrected chi connectivity index (χ3v) is 7.49. The van der Waals surface area contributed by atoms with Gasteiger partial charge in [0.1, 0.15) is 11.8 Å². The van der Waals surface area contributed by atoms with Crippen LogP contribution in [0.1, 0.15) is 50.2 Å². The highest BCUT2D eigenvalue weighted by Gasteiger charge is 2.46. The maximum absolute atomic E-state index is 11.9. The summed E-state index contributed by atoms with van der Waals surface area (Å²) < 4.78 is 0. The summed E-state index contributed by atoms with van der Waals surface area (Å²) >= 11 is 0. The number of piperidine rings is 1. The Labute approximate surface area is 186 Å². The van der Waals surface area contributed by atoms with Crippen LogP contribution in [0.4, 0.5) is 0 Å². The van der Waals surface area contributed by atoms with Gasteiger partial charge in [-0.3, -0.25) is 15.1 Å². The first-order valence-electron chi connectivity index (χ1n) is 11.8. The lowest BCUT2D eigenvalue weighted by Crippen LogP contribution is -2.58. The van der Waals surface area contributed by atoms with E-state index in [4.69, 9.17) is 10.7 Å². The monoisotopic (exact) mass is 423 g/mol. The van der Waals surface area contributed by atoms with Crippen molar-refractivity contribution < 1.29 is 9.94 Å². The van der Waals surface area contributed by atoms with Crippen LogP contribution in [0.25, 0.3) is 0 Å². The van der Waals surface area contributed by atoms with E-state index in [1.54, 1.807) is 0 Å². The van der Waals surface area contributed by atoms with Crippen molar-refractivity contribution in [3.05, 3.63) is 71.8 Å². The number of nitrogens with two attached hydrogens (primary N) is 1. The van der Waals surface area contributed by atoms with Gasteiger partial charge >= 0.3 is 0 Å². The molecule has 2 aromatic carbocycles. The molecular formula is C26H37N3O2. The number of rotatable bonds is 9. The molecule has 1 aliphatic carbocycles. The van der Waals surface area contributed by atoms with Crippen molar-refractivity contribution in [1.29, 1.82) is 0 Å². The van der Waals surface area contributed by atoms with Crippen molar-refractivity contribution in [3.8, 4) is 0 Å². The van der Waals surface area contributed by atoms with Crippen LogP contribution in [-0.2, 0) is 17.0 Å². The normalized spacial score (nSPS) is 22.4. The highest BCUT2D eigenvalue weighted by Crippen LogP contribution is 2.44. The quantitative estimate of drug-likeness (QED) is 0.423. The molecule has 0 bridgehead atoms.